The lowest BCUT2D eigenvalue weighted by molar-refractivity contribution is 0.281. The van der Waals surface area contributed by atoms with E-state index in [1.807, 2.05) is 36.1 Å². The number of aryl methyl sites for hydroxylation is 1. The number of benzene rings is 2. The van der Waals surface area contributed by atoms with Crippen molar-refractivity contribution in [2.75, 3.05) is 19.0 Å². The predicted molar refractivity (Wildman–Crippen MR) is 92.1 cm³/mol. The van der Waals surface area contributed by atoms with Crippen LogP contribution in [0.4, 0.5) is 8.78 Å². The van der Waals surface area contributed by atoms with Crippen molar-refractivity contribution < 1.29 is 8.78 Å². The maximum absolute atomic E-state index is 13.3. The summed E-state index contributed by atoms with van der Waals surface area (Å²) in [5.74, 6) is -1.23. The lowest BCUT2D eigenvalue weighted by Gasteiger charge is -2.24. The molecule has 0 radical (unpaired) electrons. The quantitative estimate of drug-likeness (QED) is 0.608. The summed E-state index contributed by atoms with van der Waals surface area (Å²) in [5, 5.41) is -0.191. The summed E-state index contributed by atoms with van der Waals surface area (Å²) in [4.78, 5) is 2.04. The van der Waals surface area contributed by atoms with E-state index in [1.54, 1.807) is 6.07 Å². The molecule has 0 aliphatic carbocycles. The molecule has 2 rings (SSSR count). The van der Waals surface area contributed by atoms with Gasteiger partial charge in [0, 0.05) is 25.5 Å². The first kappa shape index (κ1) is 18.2. The van der Waals surface area contributed by atoms with Crippen molar-refractivity contribution in [2.24, 2.45) is 0 Å². The van der Waals surface area contributed by atoms with Crippen LogP contribution in [0.5, 0.6) is 0 Å². The third-order valence-electron chi connectivity index (χ3n) is 3.65. The summed E-state index contributed by atoms with van der Waals surface area (Å²) in [6.07, 6.45) is 0. The first-order chi connectivity index (χ1) is 11.0. The monoisotopic (exact) mass is 357 g/mol. The van der Waals surface area contributed by atoms with Gasteiger partial charge in [-0.05, 0) is 30.2 Å². The summed E-state index contributed by atoms with van der Waals surface area (Å²) < 4.78 is 26.4. The molecule has 1 atom stereocenters. The average molecular weight is 358 g/mol. The van der Waals surface area contributed by atoms with Gasteiger partial charge in [-0.25, -0.2) is 8.78 Å². The third-order valence-corrected chi connectivity index (χ3v) is 4.21. The van der Waals surface area contributed by atoms with E-state index >= 15 is 0 Å². The number of halogens is 4. The van der Waals surface area contributed by atoms with Crippen LogP contribution in [-0.2, 0) is 6.54 Å². The van der Waals surface area contributed by atoms with Gasteiger partial charge >= 0.3 is 0 Å². The Balaban J connectivity index is 2.05. The molecule has 5 heteroatoms. The minimum absolute atomic E-state index is 0.191. The summed E-state index contributed by atoms with van der Waals surface area (Å²) in [7, 11) is 0. The maximum Gasteiger partial charge on any atom is 0.159 e. The second-order valence-corrected chi connectivity index (χ2v) is 6.46. The van der Waals surface area contributed by atoms with Gasteiger partial charge < -0.3 is 0 Å². The lowest BCUT2D eigenvalue weighted by atomic mass is 10.1. The molecule has 1 unspecified atom stereocenters. The third kappa shape index (κ3) is 5.45. The highest BCUT2D eigenvalue weighted by Crippen LogP contribution is 2.23. The van der Waals surface area contributed by atoms with Crippen molar-refractivity contribution >= 4 is 23.2 Å². The largest absolute Gasteiger partial charge is 0.296 e. The second kappa shape index (κ2) is 8.62. The Bertz CT molecular complexity index is 631. The Kier molecular flexibility index (Phi) is 6.82. The van der Waals surface area contributed by atoms with Crippen molar-refractivity contribution in [3.63, 3.8) is 0 Å². The summed E-state index contributed by atoms with van der Waals surface area (Å²) in [5.41, 5.74) is 2.90. The van der Waals surface area contributed by atoms with Crippen LogP contribution in [0, 0.1) is 18.6 Å². The highest BCUT2D eigenvalue weighted by atomic mass is 35.5. The van der Waals surface area contributed by atoms with Crippen LogP contribution in [-0.4, -0.2) is 23.9 Å². The Morgan fingerprint density at radius 2 is 1.74 bits per heavy atom. The van der Waals surface area contributed by atoms with Crippen molar-refractivity contribution in [1.82, 2.24) is 4.90 Å². The highest BCUT2D eigenvalue weighted by Gasteiger charge is 2.15. The SMILES string of the molecule is Cc1ccc(C(Cl)CN(CCCl)Cc2ccc(F)c(F)c2)cc1. The summed E-state index contributed by atoms with van der Waals surface area (Å²) in [6, 6.07) is 12.0. The van der Waals surface area contributed by atoms with Crippen LogP contribution in [0.1, 0.15) is 22.1 Å². The standard InChI is InChI=1S/C18H19Cl2F2N/c1-13-2-5-15(6-3-13)16(20)12-23(9-8-19)11-14-4-7-17(21)18(22)10-14/h2-7,10,16H,8-9,11-12H2,1H3. The molecule has 0 N–H and O–H groups in total. The molecule has 23 heavy (non-hydrogen) atoms. The highest BCUT2D eigenvalue weighted by molar-refractivity contribution is 6.21. The predicted octanol–water partition coefficient (Wildman–Crippen LogP) is 5.29. The van der Waals surface area contributed by atoms with Crippen LogP contribution in [0.15, 0.2) is 42.5 Å². The van der Waals surface area contributed by atoms with Gasteiger partial charge in [0.25, 0.3) is 0 Å². The van der Waals surface area contributed by atoms with Crippen molar-refractivity contribution in [2.45, 2.75) is 18.8 Å². The molecule has 0 bridgehead atoms. The number of hydrogen-bond donors (Lipinski definition) is 0. The first-order valence-electron chi connectivity index (χ1n) is 7.42. The Hall–Kier alpha value is -1.16. The number of nitrogens with zero attached hydrogens (tertiary/aromatic N) is 1. The number of hydrogen-bond acceptors (Lipinski definition) is 1. The van der Waals surface area contributed by atoms with Crippen molar-refractivity contribution in [1.29, 1.82) is 0 Å². The molecule has 0 fully saturated rings. The van der Waals surface area contributed by atoms with E-state index in [4.69, 9.17) is 23.2 Å². The molecule has 0 aliphatic rings. The fraction of sp³-hybridized carbons (Fsp3) is 0.333. The molecule has 2 aromatic rings. The molecule has 0 aromatic heterocycles. The molecule has 0 aliphatic heterocycles. The van der Waals surface area contributed by atoms with E-state index in [2.05, 4.69) is 0 Å². The second-order valence-electron chi connectivity index (χ2n) is 5.55. The van der Waals surface area contributed by atoms with E-state index in [0.717, 1.165) is 11.6 Å². The van der Waals surface area contributed by atoms with E-state index in [1.165, 1.54) is 11.6 Å². The van der Waals surface area contributed by atoms with Gasteiger partial charge in [0.2, 0.25) is 0 Å². The molecule has 0 saturated heterocycles. The molecule has 0 saturated carbocycles. The Morgan fingerprint density at radius 3 is 2.35 bits per heavy atom. The van der Waals surface area contributed by atoms with Crippen LogP contribution < -0.4 is 0 Å². The van der Waals surface area contributed by atoms with Gasteiger partial charge in [0.15, 0.2) is 11.6 Å². The maximum atomic E-state index is 13.3. The minimum atomic E-state index is -0.840. The van der Waals surface area contributed by atoms with Crippen molar-refractivity contribution in [3.05, 3.63) is 70.8 Å². The lowest BCUT2D eigenvalue weighted by Crippen LogP contribution is -2.29. The van der Waals surface area contributed by atoms with E-state index in [9.17, 15) is 8.78 Å². The van der Waals surface area contributed by atoms with Crippen LogP contribution in [0.2, 0.25) is 0 Å². The molecular weight excluding hydrogens is 339 g/mol. The van der Waals surface area contributed by atoms with Crippen LogP contribution >= 0.6 is 23.2 Å². The molecule has 1 nitrogen and oxygen atoms in total. The zero-order chi connectivity index (χ0) is 16.8. The molecule has 0 spiro atoms. The molecule has 2 aromatic carbocycles. The van der Waals surface area contributed by atoms with Gasteiger partial charge in [-0.15, -0.1) is 23.2 Å². The Labute approximate surface area is 145 Å². The van der Waals surface area contributed by atoms with Gasteiger partial charge in [0.1, 0.15) is 0 Å². The van der Waals surface area contributed by atoms with E-state index in [0.29, 0.717) is 31.1 Å². The smallest absolute Gasteiger partial charge is 0.159 e. The van der Waals surface area contributed by atoms with Crippen molar-refractivity contribution in [3.8, 4) is 0 Å². The molecule has 0 amide bonds. The summed E-state index contributed by atoms with van der Waals surface area (Å²) in [6.45, 7) is 3.70. The fourth-order valence-corrected chi connectivity index (χ4v) is 2.94. The minimum Gasteiger partial charge on any atom is -0.296 e. The number of alkyl halides is 2. The van der Waals surface area contributed by atoms with E-state index < -0.39 is 11.6 Å². The Morgan fingerprint density at radius 1 is 1.04 bits per heavy atom. The van der Waals surface area contributed by atoms with Gasteiger partial charge in [-0.1, -0.05) is 35.9 Å². The van der Waals surface area contributed by atoms with Gasteiger partial charge in [-0.2, -0.15) is 0 Å². The molecular formula is C18H19Cl2F2N. The molecule has 124 valence electrons. The van der Waals surface area contributed by atoms with E-state index in [-0.39, 0.29) is 5.38 Å². The first-order valence-corrected chi connectivity index (χ1v) is 8.39. The van der Waals surface area contributed by atoms with Gasteiger partial charge in [0.05, 0.1) is 5.38 Å². The molecule has 0 heterocycles. The zero-order valence-electron chi connectivity index (χ0n) is 12.9. The topological polar surface area (TPSA) is 3.24 Å². The van der Waals surface area contributed by atoms with Crippen LogP contribution in [0.25, 0.3) is 0 Å². The summed E-state index contributed by atoms with van der Waals surface area (Å²) >= 11 is 12.3. The average Bonchev–Trinajstić information content (AvgIpc) is 2.52. The zero-order valence-corrected chi connectivity index (χ0v) is 14.4. The van der Waals surface area contributed by atoms with Crippen LogP contribution in [0.3, 0.4) is 0 Å². The fourth-order valence-electron chi connectivity index (χ4n) is 2.36. The van der Waals surface area contributed by atoms with Gasteiger partial charge in [-0.3, -0.25) is 4.90 Å². The number of rotatable bonds is 7. The normalized spacial score (nSPS) is 12.6.